The topological polar surface area (TPSA) is 93.2 Å². The number of hydrogen-bond donors (Lipinski definition) is 2. The third-order valence-electron chi connectivity index (χ3n) is 3.80. The predicted molar refractivity (Wildman–Crippen MR) is 95.7 cm³/mol. The van der Waals surface area contributed by atoms with Crippen molar-refractivity contribution in [3.63, 3.8) is 0 Å². The molecule has 3 rings (SSSR count). The Kier molecular flexibility index (Phi) is 5.03. The predicted octanol–water partition coefficient (Wildman–Crippen LogP) is 2.11. The molecule has 0 spiro atoms. The summed E-state index contributed by atoms with van der Waals surface area (Å²) in [6.07, 6.45) is 0. The van der Waals surface area contributed by atoms with Crippen molar-refractivity contribution in [3.8, 4) is 5.75 Å². The lowest BCUT2D eigenvalue weighted by Crippen LogP contribution is -2.30. The van der Waals surface area contributed by atoms with E-state index in [2.05, 4.69) is 9.71 Å². The maximum absolute atomic E-state index is 13.2. The molecule has 0 amide bonds. The second-order valence-electron chi connectivity index (χ2n) is 5.44. The molecule has 0 radical (unpaired) electrons. The van der Waals surface area contributed by atoms with Gasteiger partial charge in [-0.3, -0.25) is 4.57 Å². The van der Waals surface area contributed by atoms with Crippen molar-refractivity contribution in [1.82, 2.24) is 14.3 Å². The maximum atomic E-state index is 13.2. The molecule has 0 unspecified atom stereocenters. The second-order valence-corrected chi connectivity index (χ2v) is 7.61. The van der Waals surface area contributed by atoms with Gasteiger partial charge in [0.1, 0.15) is 11.6 Å². The number of nitrogens with one attached hydrogen (secondary N) is 2. The van der Waals surface area contributed by atoms with E-state index in [1.54, 1.807) is 0 Å². The lowest BCUT2D eigenvalue weighted by molar-refractivity contribution is 0.414. The Morgan fingerprint density at radius 3 is 2.73 bits per heavy atom. The minimum absolute atomic E-state index is 0.0170. The number of sulfonamides is 1. The number of benzene rings is 2. The van der Waals surface area contributed by atoms with Crippen molar-refractivity contribution in [1.29, 1.82) is 0 Å². The molecule has 0 saturated heterocycles. The highest BCUT2D eigenvalue weighted by molar-refractivity contribution is 7.89. The van der Waals surface area contributed by atoms with Gasteiger partial charge >= 0.3 is 5.69 Å². The maximum Gasteiger partial charge on any atom is 0.326 e. The highest BCUT2D eigenvalue weighted by Gasteiger charge is 2.16. The summed E-state index contributed by atoms with van der Waals surface area (Å²) in [6, 6.07) is 8.00. The van der Waals surface area contributed by atoms with Crippen molar-refractivity contribution in [3.05, 3.63) is 57.7 Å². The molecule has 0 aliphatic heterocycles. The smallest absolute Gasteiger partial charge is 0.326 e. The van der Waals surface area contributed by atoms with Crippen LogP contribution in [0.2, 0.25) is 5.02 Å². The summed E-state index contributed by atoms with van der Waals surface area (Å²) in [5.41, 5.74) is 0.389. The van der Waals surface area contributed by atoms with Gasteiger partial charge in [-0.15, -0.1) is 0 Å². The summed E-state index contributed by atoms with van der Waals surface area (Å²) >= 11 is 5.95. The number of methoxy groups -OCH3 is 1. The van der Waals surface area contributed by atoms with Crippen molar-refractivity contribution in [2.45, 2.75) is 11.4 Å². The molecule has 0 aliphatic rings. The molecule has 3 aromatic rings. The molecule has 1 heterocycles. The number of rotatable bonds is 6. The fraction of sp³-hybridized carbons (Fsp3) is 0.188. The van der Waals surface area contributed by atoms with Gasteiger partial charge in [0.15, 0.2) is 0 Å². The number of ether oxygens (including phenoxy) is 1. The van der Waals surface area contributed by atoms with E-state index in [1.165, 1.54) is 48.1 Å². The van der Waals surface area contributed by atoms with Gasteiger partial charge in [-0.1, -0.05) is 11.6 Å². The number of imidazole rings is 1. The summed E-state index contributed by atoms with van der Waals surface area (Å²) in [5, 5.41) is 0.172. The van der Waals surface area contributed by atoms with Crippen molar-refractivity contribution >= 4 is 32.7 Å². The number of aromatic amines is 1. The SMILES string of the molecule is COc1ccc(S(=O)(=O)NCCn2c(=O)[nH]c3cc(F)ccc32)cc1Cl. The minimum Gasteiger partial charge on any atom is -0.495 e. The number of hydrogen-bond acceptors (Lipinski definition) is 4. The molecule has 2 N–H and O–H groups in total. The zero-order valence-corrected chi connectivity index (χ0v) is 15.2. The molecule has 0 saturated carbocycles. The molecule has 10 heteroatoms. The first kappa shape index (κ1) is 18.4. The molecule has 7 nitrogen and oxygen atoms in total. The van der Waals surface area contributed by atoms with Crippen molar-refractivity contribution in [2.24, 2.45) is 0 Å². The van der Waals surface area contributed by atoms with E-state index in [0.717, 1.165) is 0 Å². The molecule has 2 aromatic carbocycles. The molecule has 138 valence electrons. The first-order valence-electron chi connectivity index (χ1n) is 7.53. The fourth-order valence-corrected chi connectivity index (χ4v) is 3.92. The summed E-state index contributed by atoms with van der Waals surface area (Å²) in [7, 11) is -2.38. The number of fused-ring (bicyclic) bond motifs is 1. The average Bonchev–Trinajstić information content (AvgIpc) is 2.89. The monoisotopic (exact) mass is 399 g/mol. The van der Waals surface area contributed by atoms with E-state index < -0.39 is 21.5 Å². The van der Waals surface area contributed by atoms with Crippen LogP contribution in [0.25, 0.3) is 11.0 Å². The number of nitrogens with zero attached hydrogens (tertiary/aromatic N) is 1. The zero-order chi connectivity index (χ0) is 18.9. The van der Waals surface area contributed by atoms with E-state index in [0.29, 0.717) is 16.8 Å². The highest BCUT2D eigenvalue weighted by Crippen LogP contribution is 2.26. The average molecular weight is 400 g/mol. The van der Waals surface area contributed by atoms with Crippen LogP contribution in [0.15, 0.2) is 46.1 Å². The first-order chi connectivity index (χ1) is 12.3. The molecule has 0 atom stereocenters. The quantitative estimate of drug-likeness (QED) is 0.664. The third-order valence-corrected chi connectivity index (χ3v) is 5.55. The Balaban J connectivity index is 1.76. The molecule has 1 aromatic heterocycles. The Morgan fingerprint density at radius 1 is 1.27 bits per heavy atom. The highest BCUT2D eigenvalue weighted by atomic mass is 35.5. The molecule has 0 bridgehead atoms. The van der Waals surface area contributed by atoms with E-state index >= 15 is 0 Å². The summed E-state index contributed by atoms with van der Waals surface area (Å²) in [4.78, 5) is 14.5. The Hall–Kier alpha value is -2.36. The molecule has 0 aliphatic carbocycles. The molecule has 0 fully saturated rings. The normalized spacial score (nSPS) is 11.8. The number of halogens is 2. The van der Waals surface area contributed by atoms with Crippen LogP contribution in [-0.4, -0.2) is 31.6 Å². The van der Waals surface area contributed by atoms with Crippen LogP contribution in [0, 0.1) is 5.82 Å². The van der Waals surface area contributed by atoms with Crippen LogP contribution in [-0.2, 0) is 16.6 Å². The van der Waals surface area contributed by atoms with Gasteiger partial charge in [-0.05, 0) is 36.4 Å². The molecule has 26 heavy (non-hydrogen) atoms. The van der Waals surface area contributed by atoms with Gasteiger partial charge in [0.05, 0.1) is 28.1 Å². The standard InChI is InChI=1S/C16H15ClFN3O4S/c1-25-15-5-3-11(9-12(15)17)26(23,24)19-6-7-21-14-4-2-10(18)8-13(14)20-16(21)22/h2-5,8-9,19H,6-7H2,1H3,(H,20,22). The Labute approximate surface area is 153 Å². The van der Waals surface area contributed by atoms with Crippen LogP contribution in [0.3, 0.4) is 0 Å². The van der Waals surface area contributed by atoms with E-state index in [4.69, 9.17) is 16.3 Å². The van der Waals surface area contributed by atoms with Crippen LogP contribution in [0.4, 0.5) is 4.39 Å². The van der Waals surface area contributed by atoms with E-state index in [1.807, 2.05) is 0 Å². The van der Waals surface area contributed by atoms with Gasteiger partial charge in [0.25, 0.3) is 0 Å². The van der Waals surface area contributed by atoms with Gasteiger partial charge in [-0.2, -0.15) is 0 Å². The van der Waals surface area contributed by atoms with Gasteiger partial charge < -0.3 is 9.72 Å². The van der Waals surface area contributed by atoms with Gasteiger partial charge in [0, 0.05) is 13.1 Å². The van der Waals surface area contributed by atoms with Gasteiger partial charge in [-0.25, -0.2) is 22.3 Å². The lowest BCUT2D eigenvalue weighted by atomic mass is 10.3. The van der Waals surface area contributed by atoms with Crippen LogP contribution in [0.1, 0.15) is 0 Å². The summed E-state index contributed by atoms with van der Waals surface area (Å²) in [6.45, 7) is 0.0454. The van der Waals surface area contributed by atoms with Crippen LogP contribution < -0.4 is 15.1 Å². The third kappa shape index (κ3) is 3.59. The van der Waals surface area contributed by atoms with Crippen molar-refractivity contribution in [2.75, 3.05) is 13.7 Å². The van der Waals surface area contributed by atoms with E-state index in [-0.39, 0.29) is 23.0 Å². The molecular formula is C16H15ClFN3O4S. The Morgan fingerprint density at radius 2 is 2.04 bits per heavy atom. The Bertz CT molecular complexity index is 1120. The largest absolute Gasteiger partial charge is 0.495 e. The van der Waals surface area contributed by atoms with Crippen LogP contribution in [0.5, 0.6) is 5.75 Å². The lowest BCUT2D eigenvalue weighted by Gasteiger charge is -2.09. The second kappa shape index (κ2) is 7.10. The summed E-state index contributed by atoms with van der Waals surface area (Å²) < 4.78 is 46.6. The van der Waals surface area contributed by atoms with E-state index in [9.17, 15) is 17.6 Å². The van der Waals surface area contributed by atoms with Crippen molar-refractivity contribution < 1.29 is 17.5 Å². The number of H-pyrrole nitrogens is 1. The molecular weight excluding hydrogens is 385 g/mol. The van der Waals surface area contributed by atoms with Gasteiger partial charge in [0.2, 0.25) is 10.0 Å². The zero-order valence-electron chi connectivity index (χ0n) is 13.6. The fourth-order valence-electron chi connectivity index (χ4n) is 2.55. The first-order valence-corrected chi connectivity index (χ1v) is 9.39. The van der Waals surface area contributed by atoms with Crippen LogP contribution >= 0.6 is 11.6 Å². The number of aromatic nitrogens is 2. The minimum atomic E-state index is -3.81. The summed E-state index contributed by atoms with van der Waals surface area (Å²) in [5.74, 6) is -0.105.